The molecule has 194 valence electrons. The molecule has 5 rings (SSSR count). The zero-order chi connectivity index (χ0) is 25.4. The molecule has 10 nitrogen and oxygen atoms in total. The monoisotopic (exact) mass is 514 g/mol. The number of hydrogen-bond acceptors (Lipinski definition) is 7. The fraction of sp³-hybridized carbons (Fsp3) is 0.640. The van der Waals surface area contributed by atoms with Gasteiger partial charge in [0, 0.05) is 25.4 Å². The van der Waals surface area contributed by atoms with Gasteiger partial charge in [0.1, 0.15) is 18.2 Å². The number of thioether (sulfide) groups is 1. The molecule has 0 saturated carbocycles. The van der Waals surface area contributed by atoms with E-state index in [1.54, 1.807) is 28.4 Å². The van der Waals surface area contributed by atoms with Crippen molar-refractivity contribution in [1.29, 1.82) is 0 Å². The SMILES string of the molecule is CNC(=O)[C@@H]1[C@H]2C(=O)N(CCCCCCO)C(C(=O)NCn3nnc4ccccc43)C23S[C@@H]1CC3C. The van der Waals surface area contributed by atoms with Crippen LogP contribution in [0.15, 0.2) is 24.3 Å². The number of aromatic nitrogens is 3. The molecule has 0 radical (unpaired) electrons. The van der Waals surface area contributed by atoms with Gasteiger partial charge in [-0.3, -0.25) is 14.4 Å². The molecule has 2 bridgehead atoms. The molecule has 0 aliphatic carbocycles. The maximum Gasteiger partial charge on any atom is 0.245 e. The van der Waals surface area contributed by atoms with Crippen LogP contribution >= 0.6 is 11.8 Å². The number of fused-ring (bicyclic) bond motifs is 2. The Balaban J connectivity index is 1.41. The molecule has 1 aromatic heterocycles. The summed E-state index contributed by atoms with van der Waals surface area (Å²) in [6.45, 7) is 2.88. The molecular weight excluding hydrogens is 480 g/mol. The summed E-state index contributed by atoms with van der Waals surface area (Å²) in [6.07, 6.45) is 4.03. The van der Waals surface area contributed by atoms with Crippen LogP contribution in [0.25, 0.3) is 11.0 Å². The second-order valence-corrected chi connectivity index (χ2v) is 11.7. The first-order chi connectivity index (χ1) is 17.4. The van der Waals surface area contributed by atoms with Crippen molar-refractivity contribution < 1.29 is 19.5 Å². The molecule has 3 N–H and O–H groups in total. The zero-order valence-corrected chi connectivity index (χ0v) is 21.5. The lowest BCUT2D eigenvalue weighted by Crippen LogP contribution is -2.56. The Kier molecular flexibility index (Phi) is 6.95. The van der Waals surface area contributed by atoms with Crippen LogP contribution < -0.4 is 10.6 Å². The molecule has 3 aliphatic rings. The van der Waals surface area contributed by atoms with E-state index < -0.39 is 22.6 Å². The highest BCUT2D eigenvalue weighted by molar-refractivity contribution is 8.02. The van der Waals surface area contributed by atoms with Crippen molar-refractivity contribution in [3.05, 3.63) is 24.3 Å². The van der Waals surface area contributed by atoms with Crippen LogP contribution in [0.3, 0.4) is 0 Å². The maximum absolute atomic E-state index is 13.9. The van der Waals surface area contributed by atoms with Crippen LogP contribution in [0.2, 0.25) is 0 Å². The lowest BCUT2D eigenvalue weighted by Gasteiger charge is -2.38. The Morgan fingerprint density at radius 2 is 1.97 bits per heavy atom. The van der Waals surface area contributed by atoms with Gasteiger partial charge in [0.2, 0.25) is 17.7 Å². The van der Waals surface area contributed by atoms with Crippen molar-refractivity contribution in [2.45, 2.75) is 61.7 Å². The first kappa shape index (κ1) is 25.0. The number of nitrogens with zero attached hydrogens (tertiary/aromatic N) is 4. The minimum atomic E-state index is -0.651. The fourth-order valence-electron chi connectivity index (χ4n) is 6.56. The van der Waals surface area contributed by atoms with Crippen LogP contribution in [0.4, 0.5) is 0 Å². The third-order valence-corrected chi connectivity index (χ3v) is 10.2. The van der Waals surface area contributed by atoms with E-state index in [1.165, 1.54) is 0 Å². The number of unbranched alkanes of at least 4 members (excludes halogenated alkanes) is 3. The molecule has 3 unspecified atom stereocenters. The number of aliphatic hydroxyl groups is 1. The van der Waals surface area contributed by atoms with E-state index in [1.807, 2.05) is 24.3 Å². The molecule has 3 amide bonds. The van der Waals surface area contributed by atoms with Gasteiger partial charge in [-0.15, -0.1) is 16.9 Å². The number of amides is 3. The molecule has 1 spiro atoms. The molecule has 1 aromatic carbocycles. The highest BCUT2D eigenvalue weighted by atomic mass is 32.2. The van der Waals surface area contributed by atoms with Crippen LogP contribution in [-0.4, -0.2) is 79.0 Å². The summed E-state index contributed by atoms with van der Waals surface area (Å²) in [5, 5.41) is 23.2. The summed E-state index contributed by atoms with van der Waals surface area (Å²) in [6, 6.07) is 6.91. The Bertz CT molecular complexity index is 1160. The van der Waals surface area contributed by atoms with E-state index >= 15 is 0 Å². The van der Waals surface area contributed by atoms with Crippen molar-refractivity contribution in [2.75, 3.05) is 20.2 Å². The number of hydrogen-bond donors (Lipinski definition) is 3. The largest absolute Gasteiger partial charge is 0.396 e. The molecule has 6 atom stereocenters. The first-order valence-corrected chi connectivity index (χ1v) is 13.7. The number of aliphatic hydroxyl groups excluding tert-OH is 1. The topological polar surface area (TPSA) is 129 Å². The average molecular weight is 515 g/mol. The Morgan fingerprint density at radius 1 is 1.19 bits per heavy atom. The molecule has 4 heterocycles. The number of benzene rings is 1. The fourth-order valence-corrected chi connectivity index (χ4v) is 8.98. The van der Waals surface area contributed by atoms with E-state index in [0.717, 1.165) is 43.1 Å². The summed E-state index contributed by atoms with van der Waals surface area (Å²) in [4.78, 5) is 42.4. The van der Waals surface area contributed by atoms with Gasteiger partial charge >= 0.3 is 0 Å². The Morgan fingerprint density at radius 3 is 2.75 bits per heavy atom. The lowest BCUT2D eigenvalue weighted by atomic mass is 9.66. The lowest BCUT2D eigenvalue weighted by molar-refractivity contribution is -0.140. The smallest absolute Gasteiger partial charge is 0.245 e. The van der Waals surface area contributed by atoms with Gasteiger partial charge < -0.3 is 20.6 Å². The van der Waals surface area contributed by atoms with Gasteiger partial charge in [0.15, 0.2) is 0 Å². The van der Waals surface area contributed by atoms with Crippen molar-refractivity contribution in [3.63, 3.8) is 0 Å². The summed E-state index contributed by atoms with van der Waals surface area (Å²) in [5.41, 5.74) is 1.57. The van der Waals surface area contributed by atoms with Crippen LogP contribution in [0.1, 0.15) is 39.0 Å². The van der Waals surface area contributed by atoms with Crippen molar-refractivity contribution >= 4 is 40.5 Å². The number of para-hydroxylation sites is 1. The Hall–Kier alpha value is -2.66. The highest BCUT2D eigenvalue weighted by Crippen LogP contribution is 2.68. The van der Waals surface area contributed by atoms with Gasteiger partial charge in [0.25, 0.3) is 0 Å². The summed E-state index contributed by atoms with van der Waals surface area (Å²) >= 11 is 1.67. The highest BCUT2D eigenvalue weighted by Gasteiger charge is 2.75. The number of carbonyl (C=O) groups is 3. The van der Waals surface area contributed by atoms with Gasteiger partial charge in [-0.05, 0) is 37.3 Å². The molecule has 36 heavy (non-hydrogen) atoms. The summed E-state index contributed by atoms with van der Waals surface area (Å²) < 4.78 is 1.02. The van der Waals surface area contributed by atoms with E-state index in [2.05, 4.69) is 27.9 Å². The molecule has 3 saturated heterocycles. The predicted molar refractivity (Wildman–Crippen MR) is 136 cm³/mol. The Labute approximate surface area is 214 Å². The third kappa shape index (κ3) is 3.87. The molecular formula is C25H34N6O4S. The maximum atomic E-state index is 13.9. The molecule has 3 aliphatic heterocycles. The third-order valence-electron chi connectivity index (χ3n) is 8.17. The number of nitrogens with one attached hydrogen (secondary N) is 2. The minimum absolute atomic E-state index is 0.0372. The van der Waals surface area contributed by atoms with E-state index in [9.17, 15) is 14.4 Å². The zero-order valence-electron chi connectivity index (χ0n) is 20.7. The number of rotatable bonds is 10. The second kappa shape index (κ2) is 10.0. The standard InChI is InChI=1S/C25H34N6O4S/c1-15-13-18-19(22(33)26-2)20-24(35)30(11-7-3-4-8-12-32)21(25(15,20)36-18)23(34)27-14-31-17-10-6-5-9-16(17)28-29-31/h5-6,9-10,15,18-21,32H,3-4,7-8,11-14H2,1-2H3,(H,26,33)(H,27,34)/t15?,18-,19+,20+,21?,25?/m1/s1. The van der Waals surface area contributed by atoms with Gasteiger partial charge in [0.05, 0.1) is 22.1 Å². The minimum Gasteiger partial charge on any atom is -0.396 e. The van der Waals surface area contributed by atoms with E-state index in [0.29, 0.717) is 6.54 Å². The summed E-state index contributed by atoms with van der Waals surface area (Å²) in [5.74, 6) is -1.20. The van der Waals surface area contributed by atoms with Crippen LogP contribution in [0, 0.1) is 17.8 Å². The van der Waals surface area contributed by atoms with Gasteiger partial charge in [-0.2, -0.15) is 0 Å². The number of carbonyl (C=O) groups excluding carboxylic acids is 3. The number of likely N-dealkylation sites (tertiary alicyclic amines) is 1. The van der Waals surface area contributed by atoms with Crippen LogP contribution in [0.5, 0.6) is 0 Å². The van der Waals surface area contributed by atoms with Crippen LogP contribution in [-0.2, 0) is 21.1 Å². The van der Waals surface area contributed by atoms with Gasteiger partial charge in [-0.25, -0.2) is 4.68 Å². The van der Waals surface area contributed by atoms with Crippen molar-refractivity contribution in [3.8, 4) is 0 Å². The molecule has 2 aromatic rings. The van der Waals surface area contributed by atoms with E-state index in [4.69, 9.17) is 5.11 Å². The normalized spacial score (nSPS) is 30.7. The second-order valence-electron chi connectivity index (χ2n) is 10.1. The predicted octanol–water partition coefficient (Wildman–Crippen LogP) is 1.14. The summed E-state index contributed by atoms with van der Waals surface area (Å²) in [7, 11) is 1.61. The molecule has 11 heteroatoms. The van der Waals surface area contributed by atoms with Crippen molar-refractivity contribution in [1.82, 2.24) is 30.5 Å². The van der Waals surface area contributed by atoms with Crippen molar-refractivity contribution in [2.24, 2.45) is 17.8 Å². The average Bonchev–Trinajstić information content (AvgIpc) is 3.59. The first-order valence-electron chi connectivity index (χ1n) is 12.8. The molecule has 3 fully saturated rings. The quantitative estimate of drug-likeness (QED) is 0.406. The van der Waals surface area contributed by atoms with Gasteiger partial charge in [-0.1, -0.05) is 37.1 Å². The van der Waals surface area contributed by atoms with E-state index in [-0.39, 0.29) is 42.2 Å².